The lowest BCUT2D eigenvalue weighted by Gasteiger charge is -2.04. The van der Waals surface area contributed by atoms with E-state index < -0.39 is 5.82 Å². The first-order valence-electron chi connectivity index (χ1n) is 6.97. The highest BCUT2D eigenvalue weighted by molar-refractivity contribution is 5.78. The van der Waals surface area contributed by atoms with Gasteiger partial charge in [-0.15, -0.1) is 0 Å². The van der Waals surface area contributed by atoms with E-state index in [0.29, 0.717) is 5.75 Å². The summed E-state index contributed by atoms with van der Waals surface area (Å²) in [5.41, 5.74) is 3.58. The summed E-state index contributed by atoms with van der Waals surface area (Å²) in [7, 11) is 0. The molecule has 0 aliphatic rings. The quantitative estimate of drug-likeness (QED) is 0.631. The minimum Gasteiger partial charge on any atom is -0.484 e. The van der Waals surface area contributed by atoms with Gasteiger partial charge in [0.1, 0.15) is 11.6 Å². The van der Waals surface area contributed by atoms with Crippen LogP contribution >= 0.6 is 0 Å². The fourth-order valence-corrected chi connectivity index (χ4v) is 1.80. The van der Waals surface area contributed by atoms with Gasteiger partial charge in [-0.25, -0.2) is 9.82 Å². The molecule has 0 radical (unpaired) electrons. The number of benzene rings is 2. The zero-order chi connectivity index (χ0) is 15.6. The molecule has 0 aliphatic heterocycles. The standard InChI is InChI=1S/C17H17FN2O2/c18-15-9-4-10-16(12-15)22-13-17(21)20-19-11-5-8-14-6-2-1-3-7-14/h1-4,6-7,9-12H,5,8,13H2,(H,20,21)/b19-11-. The van der Waals surface area contributed by atoms with Gasteiger partial charge in [0.15, 0.2) is 6.61 Å². The minimum absolute atomic E-state index is 0.209. The SMILES string of the molecule is O=C(COc1cccc(F)c1)N/N=C\CCc1ccccc1. The third kappa shape index (κ3) is 5.75. The molecule has 5 heteroatoms. The molecular weight excluding hydrogens is 283 g/mol. The van der Waals surface area contributed by atoms with Crippen molar-refractivity contribution in [1.82, 2.24) is 5.43 Å². The van der Waals surface area contributed by atoms with Crippen LogP contribution in [0.3, 0.4) is 0 Å². The van der Waals surface area contributed by atoms with Gasteiger partial charge in [0.2, 0.25) is 0 Å². The van der Waals surface area contributed by atoms with Crippen molar-refractivity contribution >= 4 is 12.1 Å². The smallest absolute Gasteiger partial charge is 0.277 e. The van der Waals surface area contributed by atoms with E-state index in [4.69, 9.17) is 4.74 Å². The van der Waals surface area contributed by atoms with Gasteiger partial charge < -0.3 is 4.74 Å². The number of hydrazone groups is 1. The van der Waals surface area contributed by atoms with Crippen molar-refractivity contribution in [3.63, 3.8) is 0 Å². The average Bonchev–Trinajstić information content (AvgIpc) is 2.54. The monoisotopic (exact) mass is 300 g/mol. The van der Waals surface area contributed by atoms with Crippen LogP contribution in [0.1, 0.15) is 12.0 Å². The van der Waals surface area contributed by atoms with E-state index in [1.54, 1.807) is 12.3 Å². The topological polar surface area (TPSA) is 50.7 Å². The van der Waals surface area contributed by atoms with Crippen LogP contribution in [0.4, 0.5) is 4.39 Å². The maximum atomic E-state index is 12.9. The van der Waals surface area contributed by atoms with Crippen molar-refractivity contribution in [2.45, 2.75) is 12.8 Å². The summed E-state index contributed by atoms with van der Waals surface area (Å²) in [5, 5.41) is 3.84. The Kier molecular flexibility index (Phi) is 6.11. The molecule has 0 heterocycles. The number of carbonyl (C=O) groups excluding carboxylic acids is 1. The van der Waals surface area contributed by atoms with E-state index in [2.05, 4.69) is 10.5 Å². The first-order chi connectivity index (χ1) is 10.7. The highest BCUT2D eigenvalue weighted by atomic mass is 19.1. The number of nitrogens with zero attached hydrogens (tertiary/aromatic N) is 1. The lowest BCUT2D eigenvalue weighted by atomic mass is 10.1. The van der Waals surface area contributed by atoms with Crippen LogP contribution in [0, 0.1) is 5.82 Å². The molecule has 1 N–H and O–H groups in total. The number of hydrogen-bond acceptors (Lipinski definition) is 3. The number of nitrogens with one attached hydrogen (secondary N) is 1. The Morgan fingerprint density at radius 3 is 2.77 bits per heavy atom. The van der Waals surface area contributed by atoms with Crippen molar-refractivity contribution < 1.29 is 13.9 Å². The molecule has 2 aromatic rings. The molecule has 0 spiro atoms. The van der Waals surface area contributed by atoms with Crippen LogP contribution in [-0.2, 0) is 11.2 Å². The summed E-state index contributed by atoms with van der Waals surface area (Å²) in [6.45, 7) is -0.209. The number of ether oxygens (including phenoxy) is 1. The summed E-state index contributed by atoms with van der Waals surface area (Å²) < 4.78 is 18.1. The molecule has 0 bridgehead atoms. The number of amides is 1. The lowest BCUT2D eigenvalue weighted by molar-refractivity contribution is -0.123. The van der Waals surface area contributed by atoms with E-state index in [-0.39, 0.29) is 12.5 Å². The molecule has 0 aromatic heterocycles. The first-order valence-corrected chi connectivity index (χ1v) is 6.97. The summed E-state index contributed by atoms with van der Waals surface area (Å²) in [5.74, 6) is -0.486. The second-order valence-corrected chi connectivity index (χ2v) is 4.62. The van der Waals surface area contributed by atoms with Gasteiger partial charge in [0.25, 0.3) is 5.91 Å². The third-order valence-corrected chi connectivity index (χ3v) is 2.85. The van der Waals surface area contributed by atoms with Crippen LogP contribution in [0.25, 0.3) is 0 Å². The number of halogens is 1. The molecule has 2 rings (SSSR count). The lowest BCUT2D eigenvalue weighted by Crippen LogP contribution is -2.24. The second-order valence-electron chi connectivity index (χ2n) is 4.62. The van der Waals surface area contributed by atoms with Gasteiger partial charge in [0, 0.05) is 12.3 Å². The molecule has 22 heavy (non-hydrogen) atoms. The zero-order valence-electron chi connectivity index (χ0n) is 12.0. The first kappa shape index (κ1) is 15.7. The number of aryl methyl sites for hydroxylation is 1. The predicted molar refractivity (Wildman–Crippen MR) is 83.3 cm³/mol. The van der Waals surface area contributed by atoms with E-state index in [1.165, 1.54) is 23.8 Å². The number of carbonyl (C=O) groups is 1. The Labute approximate surface area is 128 Å². The molecule has 4 nitrogen and oxygen atoms in total. The molecule has 0 fully saturated rings. The van der Waals surface area contributed by atoms with E-state index in [0.717, 1.165) is 12.8 Å². The minimum atomic E-state index is -0.406. The van der Waals surface area contributed by atoms with Crippen molar-refractivity contribution in [2.75, 3.05) is 6.61 Å². The van der Waals surface area contributed by atoms with Crippen LogP contribution < -0.4 is 10.2 Å². The van der Waals surface area contributed by atoms with Crippen molar-refractivity contribution in [3.8, 4) is 5.75 Å². The van der Waals surface area contributed by atoms with Crippen molar-refractivity contribution in [2.24, 2.45) is 5.10 Å². The molecule has 1 amide bonds. The summed E-state index contributed by atoms with van der Waals surface area (Å²) in [6.07, 6.45) is 3.24. The van der Waals surface area contributed by atoms with Crippen molar-refractivity contribution in [3.05, 3.63) is 66.0 Å². The van der Waals surface area contributed by atoms with Gasteiger partial charge in [-0.1, -0.05) is 36.4 Å². The molecule has 0 aliphatic carbocycles. The van der Waals surface area contributed by atoms with Gasteiger partial charge in [-0.3, -0.25) is 4.79 Å². The number of rotatable bonds is 7. The van der Waals surface area contributed by atoms with Gasteiger partial charge in [-0.05, 0) is 30.5 Å². The van der Waals surface area contributed by atoms with Crippen LogP contribution in [-0.4, -0.2) is 18.7 Å². The Morgan fingerprint density at radius 1 is 1.18 bits per heavy atom. The maximum absolute atomic E-state index is 12.9. The molecule has 114 valence electrons. The van der Waals surface area contributed by atoms with E-state index >= 15 is 0 Å². The summed E-state index contributed by atoms with van der Waals surface area (Å²) in [4.78, 5) is 11.5. The van der Waals surface area contributed by atoms with Crippen LogP contribution in [0.2, 0.25) is 0 Å². The van der Waals surface area contributed by atoms with Crippen LogP contribution in [0.5, 0.6) is 5.75 Å². The maximum Gasteiger partial charge on any atom is 0.277 e. The molecule has 0 saturated heterocycles. The summed E-state index contributed by atoms with van der Waals surface area (Å²) >= 11 is 0. The number of hydrogen-bond donors (Lipinski definition) is 1. The summed E-state index contributed by atoms with van der Waals surface area (Å²) in [6, 6.07) is 15.6. The normalized spacial score (nSPS) is 10.6. The molecule has 0 saturated carbocycles. The fourth-order valence-electron chi connectivity index (χ4n) is 1.80. The Balaban J connectivity index is 1.64. The largest absolute Gasteiger partial charge is 0.484 e. The van der Waals surface area contributed by atoms with Crippen molar-refractivity contribution in [1.29, 1.82) is 0 Å². The highest BCUT2D eigenvalue weighted by Gasteiger charge is 2.01. The third-order valence-electron chi connectivity index (χ3n) is 2.85. The van der Waals surface area contributed by atoms with Gasteiger partial charge in [-0.2, -0.15) is 5.10 Å². The predicted octanol–water partition coefficient (Wildman–Crippen LogP) is 2.94. The van der Waals surface area contributed by atoms with Gasteiger partial charge in [0.05, 0.1) is 0 Å². The van der Waals surface area contributed by atoms with E-state index in [9.17, 15) is 9.18 Å². The molecular formula is C17H17FN2O2. The molecule has 0 atom stereocenters. The molecule has 2 aromatic carbocycles. The second kappa shape index (κ2) is 8.56. The van der Waals surface area contributed by atoms with Gasteiger partial charge >= 0.3 is 0 Å². The highest BCUT2D eigenvalue weighted by Crippen LogP contribution is 2.11. The fraction of sp³-hybridized carbons (Fsp3) is 0.176. The Hall–Kier alpha value is -2.69. The average molecular weight is 300 g/mol. The Bertz CT molecular complexity index is 630. The van der Waals surface area contributed by atoms with E-state index in [1.807, 2.05) is 30.3 Å². The Morgan fingerprint density at radius 2 is 2.00 bits per heavy atom. The van der Waals surface area contributed by atoms with Crippen LogP contribution in [0.15, 0.2) is 59.7 Å². The zero-order valence-corrected chi connectivity index (χ0v) is 12.0. The molecule has 0 unspecified atom stereocenters.